The highest BCUT2D eigenvalue weighted by molar-refractivity contribution is 6.42. The molecule has 1 aromatic carbocycles. The Balaban J connectivity index is 2.06. The topological polar surface area (TPSA) is 15.3 Å². The van der Waals surface area contributed by atoms with Crippen LogP contribution in [0.15, 0.2) is 12.1 Å². The summed E-state index contributed by atoms with van der Waals surface area (Å²) in [4.78, 5) is 2.46. The number of anilines is 2. The molecule has 2 unspecified atom stereocenters. The maximum atomic E-state index is 6.09. The number of rotatable bonds is 0. The Kier molecular flexibility index (Phi) is 2.45. The monoisotopic (exact) mass is 256 g/mol. The molecule has 0 aromatic heterocycles. The van der Waals surface area contributed by atoms with Gasteiger partial charge in [0.05, 0.1) is 21.4 Å². The van der Waals surface area contributed by atoms with Crippen LogP contribution in [-0.4, -0.2) is 19.1 Å². The molecule has 1 fully saturated rings. The quantitative estimate of drug-likeness (QED) is 0.763. The van der Waals surface area contributed by atoms with E-state index in [9.17, 15) is 0 Å². The zero-order valence-electron chi connectivity index (χ0n) is 9.13. The molecule has 16 heavy (non-hydrogen) atoms. The molecule has 2 aliphatic heterocycles. The maximum absolute atomic E-state index is 6.09. The molecule has 0 radical (unpaired) electrons. The molecule has 2 nitrogen and oxygen atoms in total. The Hall–Kier alpha value is -0.600. The van der Waals surface area contributed by atoms with Gasteiger partial charge < -0.3 is 10.2 Å². The molecule has 0 aliphatic carbocycles. The van der Waals surface area contributed by atoms with Crippen LogP contribution in [0.5, 0.6) is 0 Å². The van der Waals surface area contributed by atoms with E-state index in [1.54, 1.807) is 0 Å². The maximum Gasteiger partial charge on any atom is 0.0621 e. The lowest BCUT2D eigenvalue weighted by Gasteiger charge is -2.36. The Morgan fingerprint density at radius 3 is 2.88 bits per heavy atom. The number of hydrogen-bond acceptors (Lipinski definition) is 2. The minimum absolute atomic E-state index is 0.602. The van der Waals surface area contributed by atoms with Gasteiger partial charge in [-0.1, -0.05) is 30.1 Å². The first-order chi connectivity index (χ1) is 7.66. The molecular formula is C12H14Cl2N2. The van der Waals surface area contributed by atoms with Crippen molar-refractivity contribution < 1.29 is 0 Å². The Morgan fingerprint density at radius 1 is 1.31 bits per heavy atom. The normalized spacial score (nSPS) is 27.3. The van der Waals surface area contributed by atoms with Crippen LogP contribution in [0.25, 0.3) is 0 Å². The van der Waals surface area contributed by atoms with Crippen molar-refractivity contribution in [1.29, 1.82) is 0 Å². The summed E-state index contributed by atoms with van der Waals surface area (Å²) in [5, 5.41) is 4.71. The van der Waals surface area contributed by atoms with Crippen molar-refractivity contribution in [3.63, 3.8) is 0 Å². The van der Waals surface area contributed by atoms with Gasteiger partial charge in [0.25, 0.3) is 0 Å². The van der Waals surface area contributed by atoms with Crippen molar-refractivity contribution in [2.45, 2.75) is 19.4 Å². The first-order valence-electron chi connectivity index (χ1n) is 5.66. The molecule has 0 spiro atoms. The van der Waals surface area contributed by atoms with Gasteiger partial charge in [0, 0.05) is 19.1 Å². The third-order valence-electron chi connectivity index (χ3n) is 3.73. The smallest absolute Gasteiger partial charge is 0.0621 e. The van der Waals surface area contributed by atoms with Gasteiger partial charge in [-0.3, -0.25) is 0 Å². The summed E-state index contributed by atoms with van der Waals surface area (Å²) in [6, 6.07) is 4.51. The van der Waals surface area contributed by atoms with Crippen LogP contribution in [0, 0.1) is 5.92 Å². The fraction of sp³-hybridized carbons (Fsp3) is 0.500. The van der Waals surface area contributed by atoms with E-state index in [0.29, 0.717) is 16.1 Å². The molecule has 2 heterocycles. The molecule has 1 saturated heterocycles. The van der Waals surface area contributed by atoms with E-state index < -0.39 is 0 Å². The van der Waals surface area contributed by atoms with Gasteiger partial charge in [-0.05, 0) is 24.5 Å². The van der Waals surface area contributed by atoms with Gasteiger partial charge in [0.1, 0.15) is 0 Å². The zero-order valence-corrected chi connectivity index (χ0v) is 10.6. The van der Waals surface area contributed by atoms with Gasteiger partial charge in [-0.25, -0.2) is 0 Å². The molecule has 0 bridgehead atoms. The molecule has 0 saturated carbocycles. The lowest BCUT2D eigenvalue weighted by Crippen LogP contribution is -2.41. The fourth-order valence-corrected chi connectivity index (χ4v) is 3.07. The SMILES string of the molecule is CC1CCN2c3cc(Cl)c(Cl)cc3NCC12. The third-order valence-corrected chi connectivity index (χ3v) is 4.45. The molecule has 1 aromatic rings. The molecule has 3 rings (SSSR count). The second kappa shape index (κ2) is 3.71. The summed E-state index contributed by atoms with van der Waals surface area (Å²) >= 11 is 12.1. The summed E-state index contributed by atoms with van der Waals surface area (Å²) < 4.78 is 0. The van der Waals surface area contributed by atoms with E-state index in [0.717, 1.165) is 24.7 Å². The van der Waals surface area contributed by atoms with Crippen LogP contribution in [-0.2, 0) is 0 Å². The summed E-state index contributed by atoms with van der Waals surface area (Å²) in [7, 11) is 0. The van der Waals surface area contributed by atoms with Gasteiger partial charge in [-0.15, -0.1) is 0 Å². The molecular weight excluding hydrogens is 243 g/mol. The summed E-state index contributed by atoms with van der Waals surface area (Å²) in [5.41, 5.74) is 2.31. The minimum atomic E-state index is 0.602. The van der Waals surface area contributed by atoms with Gasteiger partial charge in [-0.2, -0.15) is 0 Å². The predicted octanol–water partition coefficient (Wildman–Crippen LogP) is 3.63. The van der Waals surface area contributed by atoms with Crippen molar-refractivity contribution >= 4 is 34.6 Å². The number of halogens is 2. The Morgan fingerprint density at radius 2 is 2.06 bits per heavy atom. The summed E-state index contributed by atoms with van der Waals surface area (Å²) in [6.07, 6.45) is 1.26. The van der Waals surface area contributed by atoms with E-state index in [4.69, 9.17) is 23.2 Å². The van der Waals surface area contributed by atoms with Gasteiger partial charge in [0.2, 0.25) is 0 Å². The summed E-state index contributed by atoms with van der Waals surface area (Å²) in [6.45, 7) is 4.44. The lowest BCUT2D eigenvalue weighted by molar-refractivity contribution is 0.524. The van der Waals surface area contributed by atoms with Gasteiger partial charge in [0.15, 0.2) is 0 Å². The third kappa shape index (κ3) is 1.47. The van der Waals surface area contributed by atoms with Crippen LogP contribution in [0.4, 0.5) is 11.4 Å². The van der Waals surface area contributed by atoms with E-state index in [1.807, 2.05) is 12.1 Å². The molecule has 0 amide bonds. The average molecular weight is 257 g/mol. The Bertz CT molecular complexity index is 433. The fourth-order valence-electron chi connectivity index (χ4n) is 2.75. The van der Waals surface area contributed by atoms with E-state index >= 15 is 0 Å². The van der Waals surface area contributed by atoms with Crippen LogP contribution >= 0.6 is 23.2 Å². The number of nitrogens with one attached hydrogen (secondary N) is 1. The highest BCUT2D eigenvalue weighted by atomic mass is 35.5. The van der Waals surface area contributed by atoms with Crippen LogP contribution in [0.1, 0.15) is 13.3 Å². The van der Waals surface area contributed by atoms with Crippen molar-refractivity contribution in [2.24, 2.45) is 5.92 Å². The largest absolute Gasteiger partial charge is 0.381 e. The van der Waals surface area contributed by atoms with Crippen molar-refractivity contribution in [2.75, 3.05) is 23.3 Å². The van der Waals surface area contributed by atoms with Crippen molar-refractivity contribution in [1.82, 2.24) is 0 Å². The number of benzene rings is 1. The van der Waals surface area contributed by atoms with Crippen LogP contribution in [0.2, 0.25) is 10.0 Å². The highest BCUT2D eigenvalue weighted by Gasteiger charge is 2.35. The van der Waals surface area contributed by atoms with Crippen LogP contribution < -0.4 is 10.2 Å². The first kappa shape index (κ1) is 10.5. The minimum Gasteiger partial charge on any atom is -0.381 e. The lowest BCUT2D eigenvalue weighted by atomic mass is 10.0. The van der Waals surface area contributed by atoms with Gasteiger partial charge >= 0.3 is 0 Å². The zero-order chi connectivity index (χ0) is 11.3. The van der Waals surface area contributed by atoms with E-state index in [-0.39, 0.29) is 0 Å². The number of nitrogens with zero attached hydrogens (tertiary/aromatic N) is 1. The Labute approximate surface area is 106 Å². The first-order valence-corrected chi connectivity index (χ1v) is 6.42. The number of hydrogen-bond donors (Lipinski definition) is 1. The number of fused-ring (bicyclic) bond motifs is 3. The average Bonchev–Trinajstić information content (AvgIpc) is 2.63. The standard InChI is InChI=1S/C12H14Cl2N2/c1-7-2-3-16-11-5-9(14)8(13)4-10(11)15-6-12(7)16/h4-5,7,12,15H,2-3,6H2,1H3. The molecule has 4 heteroatoms. The van der Waals surface area contributed by atoms with Crippen molar-refractivity contribution in [3.8, 4) is 0 Å². The highest BCUT2D eigenvalue weighted by Crippen LogP contribution is 2.42. The predicted molar refractivity (Wildman–Crippen MR) is 69.9 cm³/mol. The summed E-state index contributed by atoms with van der Waals surface area (Å²) in [5.74, 6) is 0.745. The molecule has 2 aliphatic rings. The molecule has 2 atom stereocenters. The van der Waals surface area contributed by atoms with E-state index in [2.05, 4.69) is 17.1 Å². The van der Waals surface area contributed by atoms with Crippen LogP contribution in [0.3, 0.4) is 0 Å². The second-order valence-electron chi connectivity index (χ2n) is 4.69. The van der Waals surface area contributed by atoms with Crippen molar-refractivity contribution in [3.05, 3.63) is 22.2 Å². The molecule has 86 valence electrons. The molecule has 1 N–H and O–H groups in total. The van der Waals surface area contributed by atoms with E-state index in [1.165, 1.54) is 12.1 Å². The second-order valence-corrected chi connectivity index (χ2v) is 5.51.